The van der Waals surface area contributed by atoms with Gasteiger partial charge in [-0.15, -0.1) is 22.7 Å². The van der Waals surface area contributed by atoms with Crippen LogP contribution in [0.3, 0.4) is 0 Å². The second-order valence-electron chi connectivity index (χ2n) is 8.05. The number of thiophene rings is 2. The summed E-state index contributed by atoms with van der Waals surface area (Å²) in [5.74, 6) is 0. The van der Waals surface area contributed by atoms with E-state index in [0.29, 0.717) is 0 Å². The Morgan fingerprint density at radius 2 is 1.18 bits per heavy atom. The molecular formula is C30H21NS2. The molecule has 0 spiro atoms. The Hall–Kier alpha value is -3.53. The quantitative estimate of drug-likeness (QED) is 0.184. The van der Waals surface area contributed by atoms with Gasteiger partial charge in [0, 0.05) is 57.2 Å². The van der Waals surface area contributed by atoms with Crippen molar-refractivity contribution in [3.05, 3.63) is 115 Å². The van der Waals surface area contributed by atoms with Crippen molar-refractivity contribution in [2.45, 2.75) is 6.92 Å². The highest BCUT2D eigenvalue weighted by atomic mass is 32.1. The van der Waals surface area contributed by atoms with Gasteiger partial charge < -0.3 is 0 Å². The summed E-state index contributed by atoms with van der Waals surface area (Å²) in [5, 5.41) is 5.18. The molecule has 4 aromatic carbocycles. The largest absolute Gasteiger partial charge is 0.252 e. The highest BCUT2D eigenvalue weighted by molar-refractivity contribution is 7.26. The van der Waals surface area contributed by atoms with E-state index >= 15 is 0 Å². The van der Waals surface area contributed by atoms with Gasteiger partial charge >= 0.3 is 0 Å². The van der Waals surface area contributed by atoms with E-state index in [9.17, 15) is 0 Å². The zero-order valence-corrected chi connectivity index (χ0v) is 19.8. The van der Waals surface area contributed by atoms with Crippen LogP contribution < -0.4 is 0 Å². The number of nitrogens with zero attached hydrogens (tertiary/aromatic N) is 1. The zero-order valence-electron chi connectivity index (χ0n) is 18.2. The average molecular weight is 460 g/mol. The summed E-state index contributed by atoms with van der Waals surface area (Å²) in [4.78, 5) is 5.17. The molecule has 0 aliphatic carbocycles. The molecule has 0 radical (unpaired) electrons. The van der Waals surface area contributed by atoms with Crippen LogP contribution in [0, 0.1) is 0 Å². The molecule has 0 atom stereocenters. The van der Waals surface area contributed by atoms with E-state index in [1.165, 1.54) is 45.9 Å². The Morgan fingerprint density at radius 1 is 0.667 bits per heavy atom. The first-order chi connectivity index (χ1) is 16.2. The molecule has 158 valence electrons. The van der Waals surface area contributed by atoms with Crippen LogP contribution in [0.4, 0.5) is 0 Å². The molecule has 2 heterocycles. The van der Waals surface area contributed by atoms with E-state index in [-0.39, 0.29) is 0 Å². The number of hydrogen-bond acceptors (Lipinski definition) is 3. The van der Waals surface area contributed by atoms with Gasteiger partial charge in [0.05, 0.1) is 5.70 Å². The molecule has 2 aromatic heterocycles. The standard InChI is InChI=1S/C30H21NS2/c1-3-10-26(25-16-9-15-24-22-12-5-7-18-28(22)33-30(24)25)31-19(2)20-13-8-14-23-21-11-4-6-17-27(21)32-29(20)23/h3-18H,1H2,2H3/b26-10-,31-19?. The van der Waals surface area contributed by atoms with Crippen molar-refractivity contribution in [2.24, 2.45) is 4.99 Å². The summed E-state index contributed by atoms with van der Waals surface area (Å²) in [6.45, 7) is 6.08. The van der Waals surface area contributed by atoms with Crippen LogP contribution in [0.25, 0.3) is 46.0 Å². The average Bonchev–Trinajstić information content (AvgIpc) is 3.42. The van der Waals surface area contributed by atoms with Crippen LogP contribution >= 0.6 is 22.7 Å². The lowest BCUT2D eigenvalue weighted by Gasteiger charge is -2.08. The maximum Gasteiger partial charge on any atom is 0.0719 e. The van der Waals surface area contributed by atoms with Crippen LogP contribution in [0.15, 0.2) is 109 Å². The third kappa shape index (κ3) is 3.32. The van der Waals surface area contributed by atoms with Gasteiger partial charge in [-0.05, 0) is 25.1 Å². The predicted molar refractivity (Wildman–Crippen MR) is 149 cm³/mol. The van der Waals surface area contributed by atoms with Crippen LogP contribution in [0.5, 0.6) is 0 Å². The first-order valence-electron chi connectivity index (χ1n) is 10.9. The van der Waals surface area contributed by atoms with Crippen LogP contribution in [0.1, 0.15) is 18.1 Å². The Balaban J connectivity index is 1.54. The Kier molecular flexibility index (Phi) is 4.94. The molecule has 0 saturated heterocycles. The molecule has 33 heavy (non-hydrogen) atoms. The Bertz CT molecular complexity index is 1740. The van der Waals surface area contributed by atoms with Gasteiger partial charge in [-0.3, -0.25) is 4.99 Å². The summed E-state index contributed by atoms with van der Waals surface area (Å²) in [6.07, 6.45) is 3.85. The highest BCUT2D eigenvalue weighted by Crippen LogP contribution is 2.39. The van der Waals surface area contributed by atoms with Gasteiger partial charge in [0.25, 0.3) is 0 Å². The molecule has 0 amide bonds. The SMILES string of the molecule is C=C/C=C(\N=C(C)c1cccc2c1sc1ccccc12)c1cccc2c1sc1ccccc12. The number of aliphatic imine (C=N–C) groups is 1. The molecule has 0 aliphatic heterocycles. The molecule has 3 heteroatoms. The Morgan fingerprint density at radius 3 is 1.79 bits per heavy atom. The number of hydrogen-bond donors (Lipinski definition) is 0. The summed E-state index contributed by atoms with van der Waals surface area (Å²) >= 11 is 3.67. The number of allylic oxidation sites excluding steroid dienone is 2. The summed E-state index contributed by atoms with van der Waals surface area (Å²) in [6, 6.07) is 30.3. The second kappa shape index (κ2) is 8.11. The maximum absolute atomic E-state index is 5.17. The molecule has 0 bridgehead atoms. The van der Waals surface area contributed by atoms with Crippen molar-refractivity contribution in [2.75, 3.05) is 0 Å². The molecular weight excluding hydrogens is 438 g/mol. The van der Waals surface area contributed by atoms with Crippen LogP contribution in [0.2, 0.25) is 0 Å². The zero-order chi connectivity index (χ0) is 22.4. The van der Waals surface area contributed by atoms with Crippen molar-refractivity contribution < 1.29 is 0 Å². The molecule has 1 nitrogen and oxygen atoms in total. The van der Waals surface area contributed by atoms with Crippen molar-refractivity contribution in [3.8, 4) is 0 Å². The molecule has 0 aliphatic rings. The van der Waals surface area contributed by atoms with Crippen molar-refractivity contribution in [1.82, 2.24) is 0 Å². The molecule has 6 aromatic rings. The number of rotatable bonds is 4. The first-order valence-corrected chi connectivity index (χ1v) is 12.6. The van der Waals surface area contributed by atoms with E-state index in [1.54, 1.807) is 0 Å². The topological polar surface area (TPSA) is 12.4 Å². The highest BCUT2D eigenvalue weighted by Gasteiger charge is 2.14. The second-order valence-corrected chi connectivity index (χ2v) is 10.2. The lowest BCUT2D eigenvalue weighted by Crippen LogP contribution is -1.96. The molecule has 0 fully saturated rings. The molecule has 0 saturated carbocycles. The number of benzene rings is 4. The third-order valence-electron chi connectivity index (χ3n) is 6.04. The monoisotopic (exact) mass is 459 g/mol. The smallest absolute Gasteiger partial charge is 0.0719 e. The fraction of sp³-hybridized carbons (Fsp3) is 0.0333. The van der Waals surface area contributed by atoms with Crippen molar-refractivity contribution in [1.29, 1.82) is 0 Å². The van der Waals surface area contributed by atoms with Crippen LogP contribution in [-0.4, -0.2) is 5.71 Å². The first kappa shape index (κ1) is 20.1. The maximum atomic E-state index is 5.17. The van der Waals surface area contributed by atoms with Gasteiger partial charge in [0.15, 0.2) is 0 Å². The summed E-state index contributed by atoms with van der Waals surface area (Å²) < 4.78 is 5.17. The van der Waals surface area contributed by atoms with Gasteiger partial charge in [-0.2, -0.15) is 0 Å². The molecule has 6 rings (SSSR count). The fourth-order valence-electron chi connectivity index (χ4n) is 4.52. The minimum atomic E-state index is 0.942. The minimum absolute atomic E-state index is 0.942. The molecule has 0 unspecified atom stereocenters. The Labute approximate surface area is 200 Å². The predicted octanol–water partition coefficient (Wildman–Crippen LogP) is 9.46. The van der Waals surface area contributed by atoms with E-state index in [0.717, 1.165) is 17.0 Å². The van der Waals surface area contributed by atoms with Gasteiger partial charge in [0.1, 0.15) is 0 Å². The summed E-state index contributed by atoms with van der Waals surface area (Å²) in [5.41, 5.74) is 4.29. The van der Waals surface area contributed by atoms with E-state index in [1.807, 2.05) is 34.8 Å². The molecule has 0 N–H and O–H groups in total. The third-order valence-corrected chi connectivity index (χ3v) is 8.48. The van der Waals surface area contributed by atoms with E-state index < -0.39 is 0 Å². The van der Waals surface area contributed by atoms with E-state index in [2.05, 4.69) is 98.4 Å². The normalized spacial score (nSPS) is 12.9. The van der Waals surface area contributed by atoms with E-state index in [4.69, 9.17) is 4.99 Å². The minimum Gasteiger partial charge on any atom is -0.252 e. The lowest BCUT2D eigenvalue weighted by atomic mass is 10.0. The van der Waals surface area contributed by atoms with Gasteiger partial charge in [0.2, 0.25) is 0 Å². The van der Waals surface area contributed by atoms with Crippen molar-refractivity contribution >= 4 is 74.4 Å². The van der Waals surface area contributed by atoms with Crippen molar-refractivity contribution in [3.63, 3.8) is 0 Å². The fourth-order valence-corrected chi connectivity index (χ4v) is 7.01. The van der Waals surface area contributed by atoms with Gasteiger partial charge in [-0.25, -0.2) is 0 Å². The summed E-state index contributed by atoms with van der Waals surface area (Å²) in [7, 11) is 0. The van der Waals surface area contributed by atoms with Gasteiger partial charge in [-0.1, -0.05) is 85.5 Å². The number of fused-ring (bicyclic) bond motifs is 6. The van der Waals surface area contributed by atoms with Crippen LogP contribution in [-0.2, 0) is 0 Å². The lowest BCUT2D eigenvalue weighted by molar-refractivity contribution is 1.51.